The first-order chi connectivity index (χ1) is 6.32. The van der Waals surface area contributed by atoms with Crippen molar-refractivity contribution in [3.63, 3.8) is 0 Å². The number of hydrogen-bond donors (Lipinski definition) is 1. The first-order valence-electron chi connectivity index (χ1n) is 3.88. The van der Waals surface area contributed by atoms with Gasteiger partial charge in [0.1, 0.15) is 0 Å². The molecule has 2 nitrogen and oxygen atoms in total. The Labute approximate surface area is 90.2 Å². The summed E-state index contributed by atoms with van der Waals surface area (Å²) in [5.41, 5.74) is -2.32. The smallest absolute Gasteiger partial charge is 0.272 e. The fraction of sp³-hybridized carbons (Fsp3) is 0.444. The molecule has 5 heteroatoms. The maximum atomic E-state index is 12.4. The minimum Gasteiger partial charge on any atom is -0.378 e. The molecule has 0 aliphatic rings. The number of rotatable bonds is 4. The summed E-state index contributed by atoms with van der Waals surface area (Å²) >= 11 is 3.00. The van der Waals surface area contributed by atoms with Gasteiger partial charge in [-0.15, -0.1) is 0 Å². The van der Waals surface area contributed by atoms with Crippen LogP contribution in [0.15, 0.2) is 27.8 Å². The van der Waals surface area contributed by atoms with Crippen LogP contribution in [0, 0.1) is 0 Å². The molecule has 0 spiro atoms. The largest absolute Gasteiger partial charge is 0.378 e. The SMILES string of the molecule is C=C(Br)C=N/C(=C\C)C(C)(O)C(F)F. The second-order valence-corrected chi connectivity index (χ2v) is 3.85. The lowest BCUT2D eigenvalue weighted by molar-refractivity contribution is -0.0573. The molecule has 0 aromatic heterocycles. The van der Waals surface area contributed by atoms with E-state index in [1.165, 1.54) is 19.2 Å². The predicted molar refractivity (Wildman–Crippen MR) is 56.9 cm³/mol. The molecule has 1 unspecified atom stereocenters. The summed E-state index contributed by atoms with van der Waals surface area (Å²) in [6, 6.07) is 0. The van der Waals surface area contributed by atoms with Crippen molar-refractivity contribution in [2.24, 2.45) is 4.99 Å². The lowest BCUT2D eigenvalue weighted by atomic mass is 10.0. The van der Waals surface area contributed by atoms with Crippen molar-refractivity contribution >= 4 is 22.1 Å². The molecule has 80 valence electrons. The number of alkyl halides is 2. The van der Waals surface area contributed by atoms with Crippen LogP contribution in [0.2, 0.25) is 0 Å². The maximum Gasteiger partial charge on any atom is 0.272 e. The number of nitrogens with zero attached hydrogens (tertiary/aromatic N) is 1. The van der Waals surface area contributed by atoms with Crippen LogP contribution in [0.4, 0.5) is 8.78 Å². The van der Waals surface area contributed by atoms with E-state index in [1.807, 2.05) is 0 Å². The summed E-state index contributed by atoms with van der Waals surface area (Å²) in [4.78, 5) is 3.69. The summed E-state index contributed by atoms with van der Waals surface area (Å²) in [5, 5.41) is 9.39. The third kappa shape index (κ3) is 3.67. The molecule has 0 amide bonds. The highest BCUT2D eigenvalue weighted by Crippen LogP contribution is 2.25. The van der Waals surface area contributed by atoms with Gasteiger partial charge in [0.15, 0.2) is 5.60 Å². The summed E-state index contributed by atoms with van der Waals surface area (Å²) in [7, 11) is 0. The lowest BCUT2D eigenvalue weighted by Gasteiger charge is -2.22. The summed E-state index contributed by atoms with van der Waals surface area (Å²) in [5.74, 6) is 0. The van der Waals surface area contributed by atoms with Crippen LogP contribution in [-0.2, 0) is 0 Å². The molecule has 0 aromatic carbocycles. The minimum absolute atomic E-state index is 0.0897. The first-order valence-corrected chi connectivity index (χ1v) is 4.67. The Hall–Kier alpha value is -0.550. The molecular weight excluding hydrogens is 256 g/mol. The number of aliphatic imine (C=N–C) groups is 1. The Bertz CT molecular complexity index is 272. The normalized spacial score (nSPS) is 17.5. The van der Waals surface area contributed by atoms with E-state index < -0.39 is 12.0 Å². The van der Waals surface area contributed by atoms with Gasteiger partial charge in [0.25, 0.3) is 6.43 Å². The molecule has 0 heterocycles. The average Bonchev–Trinajstić information content (AvgIpc) is 2.04. The Morgan fingerprint density at radius 3 is 2.43 bits per heavy atom. The van der Waals surface area contributed by atoms with Crippen LogP contribution < -0.4 is 0 Å². The zero-order chi connectivity index (χ0) is 11.4. The number of allylic oxidation sites excluding steroid dienone is 2. The third-order valence-corrected chi connectivity index (χ3v) is 1.77. The van der Waals surface area contributed by atoms with Crippen LogP contribution in [0.1, 0.15) is 13.8 Å². The van der Waals surface area contributed by atoms with Gasteiger partial charge in [0.2, 0.25) is 0 Å². The van der Waals surface area contributed by atoms with Gasteiger partial charge in [-0.2, -0.15) is 0 Å². The zero-order valence-corrected chi connectivity index (χ0v) is 9.55. The van der Waals surface area contributed by atoms with Gasteiger partial charge >= 0.3 is 0 Å². The Morgan fingerprint density at radius 2 is 2.14 bits per heavy atom. The highest BCUT2D eigenvalue weighted by Gasteiger charge is 2.35. The van der Waals surface area contributed by atoms with Gasteiger partial charge in [-0.3, -0.25) is 4.99 Å². The third-order valence-electron chi connectivity index (χ3n) is 1.56. The molecule has 14 heavy (non-hydrogen) atoms. The molecule has 0 bridgehead atoms. The molecule has 1 N–H and O–H groups in total. The molecule has 0 radical (unpaired) electrons. The standard InChI is InChI=1S/C9H12BrF2NO/c1-4-7(13-5-6(2)10)9(3,14)8(11)12/h4-5,8,14H,2H2,1,3H3/b7-4-,13-5?. The van der Waals surface area contributed by atoms with Crippen LogP contribution >= 0.6 is 15.9 Å². The van der Waals surface area contributed by atoms with Crippen molar-refractivity contribution in [3.8, 4) is 0 Å². The van der Waals surface area contributed by atoms with Gasteiger partial charge in [-0.05, 0) is 29.8 Å². The quantitative estimate of drug-likeness (QED) is 0.781. The van der Waals surface area contributed by atoms with Crippen molar-refractivity contribution < 1.29 is 13.9 Å². The molecule has 0 aliphatic carbocycles. The summed E-state index contributed by atoms with van der Waals surface area (Å²) < 4.78 is 25.2. The molecule has 1 atom stereocenters. The fourth-order valence-electron chi connectivity index (χ4n) is 0.749. The number of aliphatic hydroxyl groups is 1. The summed E-state index contributed by atoms with van der Waals surface area (Å²) in [6.07, 6.45) is -0.292. The Morgan fingerprint density at radius 1 is 1.64 bits per heavy atom. The van der Waals surface area contributed by atoms with Crippen molar-refractivity contribution in [2.45, 2.75) is 25.9 Å². The van der Waals surface area contributed by atoms with Crippen LogP contribution in [0.3, 0.4) is 0 Å². The van der Waals surface area contributed by atoms with E-state index in [0.717, 1.165) is 6.92 Å². The second kappa shape index (κ2) is 5.36. The molecule has 0 rings (SSSR count). The first kappa shape index (κ1) is 13.4. The van der Waals surface area contributed by atoms with E-state index in [1.54, 1.807) is 0 Å². The van der Waals surface area contributed by atoms with Gasteiger partial charge in [0, 0.05) is 10.7 Å². The molecule has 0 saturated heterocycles. The minimum atomic E-state index is -2.88. The molecule has 0 fully saturated rings. The van der Waals surface area contributed by atoms with E-state index in [2.05, 4.69) is 27.5 Å². The van der Waals surface area contributed by atoms with Gasteiger partial charge in [0.05, 0.1) is 5.70 Å². The number of halogens is 3. The van der Waals surface area contributed by atoms with Crippen LogP contribution in [-0.4, -0.2) is 23.3 Å². The Balaban J connectivity index is 4.84. The van der Waals surface area contributed by atoms with Crippen molar-refractivity contribution in [1.82, 2.24) is 0 Å². The fourth-order valence-corrected chi connectivity index (χ4v) is 0.851. The van der Waals surface area contributed by atoms with Crippen LogP contribution in [0.5, 0.6) is 0 Å². The number of hydrogen-bond acceptors (Lipinski definition) is 2. The molecule has 0 saturated carbocycles. The lowest BCUT2D eigenvalue weighted by Crippen LogP contribution is -2.35. The van der Waals surface area contributed by atoms with E-state index in [-0.39, 0.29) is 5.70 Å². The van der Waals surface area contributed by atoms with E-state index in [4.69, 9.17) is 0 Å². The second-order valence-electron chi connectivity index (χ2n) is 2.83. The average molecular weight is 268 g/mol. The van der Waals surface area contributed by atoms with E-state index >= 15 is 0 Å². The summed E-state index contributed by atoms with van der Waals surface area (Å²) in [6.45, 7) is 6.00. The molecular formula is C9H12BrF2NO. The van der Waals surface area contributed by atoms with E-state index in [9.17, 15) is 13.9 Å². The van der Waals surface area contributed by atoms with E-state index in [0.29, 0.717) is 4.48 Å². The monoisotopic (exact) mass is 267 g/mol. The van der Waals surface area contributed by atoms with Crippen LogP contribution in [0.25, 0.3) is 0 Å². The van der Waals surface area contributed by atoms with Crippen molar-refractivity contribution in [1.29, 1.82) is 0 Å². The van der Waals surface area contributed by atoms with Gasteiger partial charge in [-0.1, -0.05) is 12.7 Å². The highest BCUT2D eigenvalue weighted by atomic mass is 79.9. The van der Waals surface area contributed by atoms with Gasteiger partial charge < -0.3 is 5.11 Å². The van der Waals surface area contributed by atoms with Crippen molar-refractivity contribution in [3.05, 3.63) is 22.8 Å². The molecule has 0 aromatic rings. The zero-order valence-electron chi connectivity index (χ0n) is 7.97. The maximum absolute atomic E-state index is 12.4. The predicted octanol–water partition coefficient (Wildman–Crippen LogP) is 2.89. The topological polar surface area (TPSA) is 32.6 Å². The molecule has 0 aliphatic heterocycles. The Kier molecular flexibility index (Phi) is 5.15. The van der Waals surface area contributed by atoms with Gasteiger partial charge in [-0.25, -0.2) is 8.78 Å². The highest BCUT2D eigenvalue weighted by molar-refractivity contribution is 9.12. The van der Waals surface area contributed by atoms with Crippen molar-refractivity contribution in [2.75, 3.05) is 0 Å².